The number of hydrogen-bond acceptors (Lipinski definition) is 4. The van der Waals surface area contributed by atoms with Gasteiger partial charge in [0.05, 0.1) is 0 Å². The maximum atomic E-state index is 13.1. The third kappa shape index (κ3) is 4.55. The van der Waals surface area contributed by atoms with Gasteiger partial charge in [-0.25, -0.2) is 14.0 Å². The quantitative estimate of drug-likeness (QED) is 0.753. The normalized spacial score (nSPS) is 24.6. The summed E-state index contributed by atoms with van der Waals surface area (Å²) in [4.78, 5) is 51.4. The highest BCUT2D eigenvalue weighted by Gasteiger charge is 2.44. The Morgan fingerprint density at radius 3 is 2.41 bits per heavy atom. The summed E-state index contributed by atoms with van der Waals surface area (Å²) in [6.45, 7) is 3.02. The molecule has 6 amide bonds. The molecule has 1 saturated carbocycles. The zero-order valence-electron chi connectivity index (χ0n) is 16.5. The molecule has 1 aliphatic carbocycles. The van der Waals surface area contributed by atoms with E-state index < -0.39 is 42.3 Å². The molecule has 0 radical (unpaired) electrons. The van der Waals surface area contributed by atoms with Crippen LogP contribution in [0.5, 0.6) is 0 Å². The minimum Gasteiger partial charge on any atom is -0.335 e. The molecular weight excluding hydrogens is 379 g/mol. The van der Waals surface area contributed by atoms with Crippen molar-refractivity contribution in [1.29, 1.82) is 0 Å². The van der Waals surface area contributed by atoms with E-state index in [0.29, 0.717) is 11.6 Å². The largest absolute Gasteiger partial charge is 0.335 e. The van der Waals surface area contributed by atoms with Crippen molar-refractivity contribution in [2.24, 2.45) is 5.92 Å². The van der Waals surface area contributed by atoms with E-state index in [9.17, 15) is 23.6 Å². The lowest BCUT2D eigenvalue weighted by atomic mass is 9.86. The number of urea groups is 2. The second-order valence-corrected chi connectivity index (χ2v) is 7.62. The fourth-order valence-electron chi connectivity index (χ4n) is 3.85. The number of rotatable bonds is 4. The Bertz CT molecular complexity index is 813. The molecule has 1 heterocycles. The van der Waals surface area contributed by atoms with Crippen LogP contribution in [-0.2, 0) is 9.59 Å². The van der Waals surface area contributed by atoms with Crippen LogP contribution in [0.4, 0.5) is 19.7 Å². The first-order chi connectivity index (χ1) is 13.8. The molecule has 1 aromatic carbocycles. The van der Waals surface area contributed by atoms with Crippen LogP contribution in [-0.4, -0.2) is 47.4 Å². The predicted octanol–water partition coefficient (Wildman–Crippen LogP) is 2.39. The molecule has 2 fully saturated rings. The standard InChI is InChI=1S/C20H25FN4O4/c1-12-5-3-4-6-16(12)22-19(28)23-17(26)11-24-18(27)13(2)25(20(24)29)15-9-7-14(21)8-10-15/h7-10,12-13,16H,3-6,11H2,1-2H3,(H2,22,23,26,28). The summed E-state index contributed by atoms with van der Waals surface area (Å²) >= 11 is 0. The Hall–Kier alpha value is -2.97. The first kappa shape index (κ1) is 20.8. The maximum Gasteiger partial charge on any atom is 0.332 e. The fourth-order valence-corrected chi connectivity index (χ4v) is 3.85. The summed E-state index contributed by atoms with van der Waals surface area (Å²) < 4.78 is 13.1. The number of carbonyl (C=O) groups is 4. The highest BCUT2D eigenvalue weighted by molar-refractivity contribution is 6.15. The summed E-state index contributed by atoms with van der Waals surface area (Å²) in [5.74, 6) is -1.44. The zero-order chi connectivity index (χ0) is 21.1. The molecule has 3 unspecified atom stereocenters. The number of imide groups is 2. The number of nitrogens with zero attached hydrogens (tertiary/aromatic N) is 2. The zero-order valence-corrected chi connectivity index (χ0v) is 16.5. The van der Waals surface area contributed by atoms with Gasteiger partial charge in [0.2, 0.25) is 5.91 Å². The van der Waals surface area contributed by atoms with Crippen LogP contribution in [0.15, 0.2) is 24.3 Å². The summed E-state index contributed by atoms with van der Waals surface area (Å²) in [7, 11) is 0. The topological polar surface area (TPSA) is 98.8 Å². The summed E-state index contributed by atoms with van der Waals surface area (Å²) in [5, 5.41) is 4.98. The first-order valence-corrected chi connectivity index (χ1v) is 9.78. The smallest absolute Gasteiger partial charge is 0.332 e. The van der Waals surface area contributed by atoms with Crippen molar-refractivity contribution in [2.45, 2.75) is 51.6 Å². The molecule has 29 heavy (non-hydrogen) atoms. The summed E-state index contributed by atoms with van der Waals surface area (Å²) in [6.07, 6.45) is 4.03. The molecule has 0 bridgehead atoms. The first-order valence-electron chi connectivity index (χ1n) is 9.78. The summed E-state index contributed by atoms with van der Waals surface area (Å²) in [5.41, 5.74) is 0.351. The molecule has 8 nitrogen and oxygen atoms in total. The van der Waals surface area contributed by atoms with Crippen LogP contribution in [0.3, 0.4) is 0 Å². The Kier molecular flexibility index (Phi) is 6.14. The third-order valence-corrected chi connectivity index (χ3v) is 5.54. The lowest BCUT2D eigenvalue weighted by Crippen LogP contribution is -2.50. The third-order valence-electron chi connectivity index (χ3n) is 5.54. The van der Waals surface area contributed by atoms with Crippen molar-refractivity contribution in [2.75, 3.05) is 11.4 Å². The second-order valence-electron chi connectivity index (χ2n) is 7.62. The number of nitrogens with one attached hydrogen (secondary N) is 2. The number of amides is 6. The van der Waals surface area contributed by atoms with E-state index in [1.165, 1.54) is 36.1 Å². The van der Waals surface area contributed by atoms with E-state index in [2.05, 4.69) is 17.6 Å². The van der Waals surface area contributed by atoms with Crippen molar-refractivity contribution in [3.05, 3.63) is 30.1 Å². The van der Waals surface area contributed by atoms with Crippen molar-refractivity contribution in [1.82, 2.24) is 15.5 Å². The number of carbonyl (C=O) groups excluding carboxylic acids is 4. The summed E-state index contributed by atoms with van der Waals surface area (Å²) in [6, 6.07) is 3.00. The Morgan fingerprint density at radius 1 is 1.10 bits per heavy atom. The number of hydrogen-bond donors (Lipinski definition) is 2. The van der Waals surface area contributed by atoms with Gasteiger partial charge in [-0.3, -0.25) is 24.7 Å². The Morgan fingerprint density at radius 2 is 1.76 bits per heavy atom. The van der Waals surface area contributed by atoms with Crippen molar-refractivity contribution >= 4 is 29.6 Å². The van der Waals surface area contributed by atoms with E-state index in [1.807, 2.05) is 0 Å². The fraction of sp³-hybridized carbons (Fsp3) is 0.500. The SMILES string of the molecule is CC1CCCCC1NC(=O)NC(=O)CN1C(=O)C(C)N(c2ccc(F)cc2)C1=O. The van der Waals surface area contributed by atoms with Crippen LogP contribution >= 0.6 is 0 Å². The van der Waals surface area contributed by atoms with E-state index in [4.69, 9.17) is 0 Å². The highest BCUT2D eigenvalue weighted by Crippen LogP contribution is 2.26. The van der Waals surface area contributed by atoms with E-state index >= 15 is 0 Å². The second kappa shape index (κ2) is 8.59. The predicted molar refractivity (Wildman–Crippen MR) is 104 cm³/mol. The van der Waals surface area contributed by atoms with Gasteiger partial charge in [0.1, 0.15) is 18.4 Å². The van der Waals surface area contributed by atoms with E-state index in [0.717, 1.165) is 30.6 Å². The van der Waals surface area contributed by atoms with Crippen molar-refractivity contribution < 1.29 is 23.6 Å². The average molecular weight is 404 g/mol. The molecule has 1 aromatic rings. The molecule has 1 saturated heterocycles. The lowest BCUT2D eigenvalue weighted by Gasteiger charge is -2.29. The number of anilines is 1. The highest BCUT2D eigenvalue weighted by atomic mass is 19.1. The van der Waals surface area contributed by atoms with Gasteiger partial charge in [0.15, 0.2) is 0 Å². The minimum atomic E-state index is -0.835. The van der Waals surface area contributed by atoms with Gasteiger partial charge in [0.25, 0.3) is 5.91 Å². The lowest BCUT2D eigenvalue weighted by molar-refractivity contribution is -0.131. The van der Waals surface area contributed by atoms with Gasteiger partial charge >= 0.3 is 12.1 Å². The maximum absolute atomic E-state index is 13.1. The van der Waals surface area contributed by atoms with Crippen LogP contribution in [0, 0.1) is 11.7 Å². The van der Waals surface area contributed by atoms with Gasteiger partial charge in [-0.2, -0.15) is 0 Å². The molecule has 2 aliphatic rings. The van der Waals surface area contributed by atoms with Crippen LogP contribution in [0.1, 0.15) is 39.5 Å². The van der Waals surface area contributed by atoms with Gasteiger partial charge in [-0.1, -0.05) is 19.8 Å². The molecule has 9 heteroatoms. The van der Waals surface area contributed by atoms with Gasteiger partial charge in [-0.05, 0) is 49.9 Å². The molecule has 156 valence electrons. The molecular formula is C20H25FN4O4. The van der Waals surface area contributed by atoms with E-state index in [1.54, 1.807) is 0 Å². The monoisotopic (exact) mass is 404 g/mol. The minimum absolute atomic E-state index is 0.000547. The average Bonchev–Trinajstić information content (AvgIpc) is 2.88. The number of halogens is 1. The molecule has 1 aliphatic heterocycles. The molecule has 3 rings (SSSR count). The van der Waals surface area contributed by atoms with Crippen LogP contribution in [0.25, 0.3) is 0 Å². The molecule has 0 aromatic heterocycles. The molecule has 0 spiro atoms. The molecule has 3 atom stereocenters. The number of benzene rings is 1. The van der Waals surface area contributed by atoms with E-state index in [-0.39, 0.29) is 6.04 Å². The molecule has 2 N–H and O–H groups in total. The van der Waals surface area contributed by atoms with Gasteiger partial charge < -0.3 is 5.32 Å². The Labute approximate surface area is 168 Å². The van der Waals surface area contributed by atoms with Crippen molar-refractivity contribution in [3.63, 3.8) is 0 Å². The van der Waals surface area contributed by atoms with Crippen LogP contribution in [0.2, 0.25) is 0 Å². The van der Waals surface area contributed by atoms with Crippen molar-refractivity contribution in [3.8, 4) is 0 Å². The van der Waals surface area contributed by atoms with Crippen LogP contribution < -0.4 is 15.5 Å². The Balaban J connectivity index is 1.59. The van der Waals surface area contributed by atoms with Gasteiger partial charge in [0, 0.05) is 11.7 Å². The van der Waals surface area contributed by atoms with Gasteiger partial charge in [-0.15, -0.1) is 0 Å².